The molecule has 0 aliphatic rings. The van der Waals surface area contributed by atoms with Crippen molar-refractivity contribution in [2.45, 2.75) is 4.90 Å². The Balaban J connectivity index is 1.53. The molecule has 5 heteroatoms. The first-order chi connectivity index (χ1) is 16.6. The van der Waals surface area contributed by atoms with Crippen molar-refractivity contribution in [3.63, 3.8) is 0 Å². The van der Waals surface area contributed by atoms with Gasteiger partial charge in [0.25, 0.3) is 0 Å². The molecule has 4 aromatic rings. The van der Waals surface area contributed by atoms with E-state index in [-0.39, 0.29) is 12.4 Å². The standard InChI is InChI=1S/C29H23FO3S/c30-25-8-4-7-24(19-25)28(23-11-9-22(10-12-23)21-5-2-1-3-6-21)17-18-34-27-15-13-26(14-16-27)33-20-29(31)32/h1-17,19H,18,20H2,(H,31,32)/b28-17+. The molecule has 4 aromatic carbocycles. The molecular weight excluding hydrogens is 447 g/mol. The van der Waals surface area contributed by atoms with Gasteiger partial charge in [-0.05, 0) is 64.2 Å². The Kier molecular flexibility index (Phi) is 7.79. The Hall–Kier alpha value is -3.83. The highest BCUT2D eigenvalue weighted by Crippen LogP contribution is 2.29. The number of aliphatic carboxylic acids is 1. The molecule has 0 saturated heterocycles. The van der Waals surface area contributed by atoms with Crippen LogP contribution in [0.15, 0.2) is 114 Å². The molecule has 0 aliphatic carbocycles. The van der Waals surface area contributed by atoms with E-state index >= 15 is 0 Å². The van der Waals surface area contributed by atoms with Gasteiger partial charge in [-0.1, -0.05) is 72.8 Å². The number of hydrogen-bond donors (Lipinski definition) is 1. The minimum Gasteiger partial charge on any atom is -0.482 e. The van der Waals surface area contributed by atoms with Gasteiger partial charge in [0.2, 0.25) is 0 Å². The first kappa shape index (κ1) is 23.3. The van der Waals surface area contributed by atoms with Crippen LogP contribution in [0.25, 0.3) is 16.7 Å². The fourth-order valence-electron chi connectivity index (χ4n) is 3.53. The molecule has 0 radical (unpaired) electrons. The van der Waals surface area contributed by atoms with E-state index in [1.54, 1.807) is 36.0 Å². The maximum atomic E-state index is 14.0. The van der Waals surface area contributed by atoms with Crippen LogP contribution in [0, 0.1) is 5.82 Å². The fourth-order valence-corrected chi connectivity index (χ4v) is 4.30. The van der Waals surface area contributed by atoms with Gasteiger partial charge in [-0.25, -0.2) is 9.18 Å². The van der Waals surface area contributed by atoms with Gasteiger partial charge < -0.3 is 9.84 Å². The summed E-state index contributed by atoms with van der Waals surface area (Å²) in [6.45, 7) is -0.366. The second kappa shape index (κ2) is 11.3. The van der Waals surface area contributed by atoms with E-state index in [1.807, 2.05) is 36.4 Å². The highest BCUT2D eigenvalue weighted by atomic mass is 32.2. The molecule has 0 unspecified atom stereocenters. The largest absolute Gasteiger partial charge is 0.482 e. The van der Waals surface area contributed by atoms with E-state index in [0.717, 1.165) is 32.7 Å². The quantitative estimate of drug-likeness (QED) is 0.263. The van der Waals surface area contributed by atoms with E-state index in [4.69, 9.17) is 9.84 Å². The van der Waals surface area contributed by atoms with E-state index in [9.17, 15) is 9.18 Å². The molecule has 4 rings (SSSR count). The number of thioether (sulfide) groups is 1. The Morgan fingerprint density at radius 1 is 0.824 bits per heavy atom. The maximum absolute atomic E-state index is 14.0. The molecule has 0 bridgehead atoms. The lowest BCUT2D eigenvalue weighted by Gasteiger charge is -2.11. The van der Waals surface area contributed by atoms with Crippen LogP contribution in [0.4, 0.5) is 4.39 Å². The molecule has 0 saturated carbocycles. The third-order valence-electron chi connectivity index (χ3n) is 5.16. The van der Waals surface area contributed by atoms with Crippen LogP contribution in [0.5, 0.6) is 5.75 Å². The van der Waals surface area contributed by atoms with Gasteiger partial charge in [0, 0.05) is 10.6 Å². The van der Waals surface area contributed by atoms with Crippen LogP contribution in [0.3, 0.4) is 0 Å². The molecule has 34 heavy (non-hydrogen) atoms. The van der Waals surface area contributed by atoms with Crippen molar-refractivity contribution in [1.29, 1.82) is 0 Å². The van der Waals surface area contributed by atoms with Crippen LogP contribution >= 0.6 is 11.8 Å². The molecule has 0 spiro atoms. The van der Waals surface area contributed by atoms with Crippen LogP contribution < -0.4 is 4.74 Å². The summed E-state index contributed by atoms with van der Waals surface area (Å²) in [5, 5.41) is 8.72. The zero-order chi connectivity index (χ0) is 23.8. The number of benzene rings is 4. The highest BCUT2D eigenvalue weighted by Gasteiger charge is 2.08. The number of carboxylic acids is 1. The van der Waals surface area contributed by atoms with Gasteiger partial charge in [0.15, 0.2) is 6.61 Å². The summed E-state index contributed by atoms with van der Waals surface area (Å²) in [7, 11) is 0. The minimum atomic E-state index is -1.01. The Labute approximate surface area is 202 Å². The lowest BCUT2D eigenvalue weighted by Crippen LogP contribution is -2.09. The predicted octanol–water partition coefficient (Wildman–Crippen LogP) is 7.18. The first-order valence-electron chi connectivity index (χ1n) is 10.8. The van der Waals surface area contributed by atoms with Crippen LogP contribution in [-0.4, -0.2) is 23.4 Å². The SMILES string of the molecule is O=C(O)COc1ccc(SC/C=C(\c2ccc(-c3ccccc3)cc2)c2cccc(F)c2)cc1. The molecular formula is C29H23FO3S. The van der Waals surface area contributed by atoms with E-state index in [2.05, 4.69) is 42.5 Å². The summed E-state index contributed by atoms with van der Waals surface area (Å²) in [6.07, 6.45) is 2.10. The van der Waals surface area contributed by atoms with Crippen LogP contribution in [0.2, 0.25) is 0 Å². The normalized spacial score (nSPS) is 11.3. The van der Waals surface area contributed by atoms with Crippen molar-refractivity contribution in [2.24, 2.45) is 0 Å². The van der Waals surface area contributed by atoms with E-state index in [0.29, 0.717) is 11.5 Å². The molecule has 0 amide bonds. The van der Waals surface area contributed by atoms with Crippen LogP contribution in [0.1, 0.15) is 11.1 Å². The number of hydrogen-bond acceptors (Lipinski definition) is 3. The van der Waals surface area contributed by atoms with Gasteiger partial charge in [-0.3, -0.25) is 0 Å². The predicted molar refractivity (Wildman–Crippen MR) is 136 cm³/mol. The summed E-state index contributed by atoms with van der Waals surface area (Å²) in [5.41, 5.74) is 5.08. The van der Waals surface area contributed by atoms with E-state index < -0.39 is 5.97 Å². The smallest absolute Gasteiger partial charge is 0.341 e. The van der Waals surface area contributed by atoms with Crippen molar-refractivity contribution in [3.8, 4) is 16.9 Å². The van der Waals surface area contributed by atoms with Gasteiger partial charge in [-0.2, -0.15) is 0 Å². The zero-order valence-electron chi connectivity index (χ0n) is 18.4. The number of ether oxygens (including phenoxy) is 1. The second-order valence-electron chi connectivity index (χ2n) is 7.54. The average Bonchev–Trinajstić information content (AvgIpc) is 2.87. The molecule has 0 aromatic heterocycles. The Morgan fingerprint density at radius 3 is 2.21 bits per heavy atom. The maximum Gasteiger partial charge on any atom is 0.341 e. The molecule has 1 N–H and O–H groups in total. The lowest BCUT2D eigenvalue weighted by atomic mass is 9.95. The van der Waals surface area contributed by atoms with Gasteiger partial charge in [0.1, 0.15) is 11.6 Å². The molecule has 3 nitrogen and oxygen atoms in total. The van der Waals surface area contributed by atoms with Crippen LogP contribution in [-0.2, 0) is 4.79 Å². The summed E-state index contributed by atoms with van der Waals surface area (Å²) in [5.74, 6) is -0.0813. The third kappa shape index (κ3) is 6.36. The number of carbonyl (C=O) groups is 1. The van der Waals surface area contributed by atoms with Crippen molar-refractivity contribution < 1.29 is 19.0 Å². The highest BCUT2D eigenvalue weighted by molar-refractivity contribution is 7.99. The van der Waals surface area contributed by atoms with Crippen molar-refractivity contribution in [2.75, 3.05) is 12.4 Å². The topological polar surface area (TPSA) is 46.5 Å². The number of carboxylic acid groups (broad SMARTS) is 1. The number of halogens is 1. The number of rotatable bonds is 9. The Morgan fingerprint density at radius 2 is 1.53 bits per heavy atom. The minimum absolute atomic E-state index is 0.270. The van der Waals surface area contributed by atoms with Gasteiger partial charge >= 0.3 is 5.97 Å². The molecule has 0 fully saturated rings. The summed E-state index contributed by atoms with van der Waals surface area (Å²) < 4.78 is 19.2. The molecule has 0 aliphatic heterocycles. The molecule has 170 valence electrons. The monoisotopic (exact) mass is 470 g/mol. The summed E-state index contributed by atoms with van der Waals surface area (Å²) >= 11 is 1.63. The van der Waals surface area contributed by atoms with Crippen molar-refractivity contribution in [3.05, 3.63) is 126 Å². The second-order valence-corrected chi connectivity index (χ2v) is 8.63. The zero-order valence-corrected chi connectivity index (χ0v) is 19.2. The Bertz CT molecular complexity index is 1270. The molecule has 0 heterocycles. The fraction of sp³-hybridized carbons (Fsp3) is 0.0690. The molecule has 0 atom stereocenters. The first-order valence-corrected chi connectivity index (χ1v) is 11.8. The average molecular weight is 471 g/mol. The summed E-state index contributed by atoms with van der Waals surface area (Å²) in [4.78, 5) is 11.7. The summed E-state index contributed by atoms with van der Waals surface area (Å²) in [6, 6.07) is 32.4. The van der Waals surface area contributed by atoms with Crippen molar-refractivity contribution >= 4 is 23.3 Å². The van der Waals surface area contributed by atoms with Gasteiger partial charge in [0.05, 0.1) is 0 Å². The third-order valence-corrected chi connectivity index (χ3v) is 6.10. The van der Waals surface area contributed by atoms with E-state index in [1.165, 1.54) is 6.07 Å². The van der Waals surface area contributed by atoms with Gasteiger partial charge in [-0.15, -0.1) is 11.8 Å². The van der Waals surface area contributed by atoms with Crippen molar-refractivity contribution in [1.82, 2.24) is 0 Å². The lowest BCUT2D eigenvalue weighted by molar-refractivity contribution is -0.139.